The molecule has 0 spiro atoms. The number of carbonyl (C=O) groups excluding carboxylic acids is 2. The number of hydrogen-bond donors (Lipinski definition) is 1. The van der Waals surface area contributed by atoms with Crippen molar-refractivity contribution in [2.45, 2.75) is 32.7 Å². The van der Waals surface area contributed by atoms with Crippen LogP contribution in [0.1, 0.15) is 37.0 Å². The van der Waals surface area contributed by atoms with Gasteiger partial charge in [0, 0.05) is 76.4 Å². The number of carbonyl (C=O) groups is 2. The number of fused-ring (bicyclic) bond motifs is 3. The second-order valence-electron chi connectivity index (χ2n) is 8.88. The van der Waals surface area contributed by atoms with Crippen LogP contribution in [0.15, 0.2) is 30.5 Å². The molecule has 1 aromatic heterocycles. The summed E-state index contributed by atoms with van der Waals surface area (Å²) in [4.78, 5) is 42.8. The lowest BCUT2D eigenvalue weighted by molar-refractivity contribution is -0.129. The predicted octanol–water partition coefficient (Wildman–Crippen LogP) is 2.21. The SMILES string of the molecule is CCNc1ncc2c(n1)N1CCCC1CN(c1cccc(N3CCN(C(C)=O)CC3)c1)C2=O. The molecule has 9 nitrogen and oxygen atoms in total. The van der Waals surface area contributed by atoms with Crippen molar-refractivity contribution in [1.29, 1.82) is 0 Å². The van der Waals surface area contributed by atoms with Crippen molar-refractivity contribution in [3.8, 4) is 0 Å². The Hall–Kier alpha value is -3.36. The van der Waals surface area contributed by atoms with Gasteiger partial charge in [-0.05, 0) is 38.0 Å². The summed E-state index contributed by atoms with van der Waals surface area (Å²) in [5, 5.41) is 3.17. The molecule has 0 aliphatic carbocycles. The molecule has 3 aliphatic heterocycles. The maximum absolute atomic E-state index is 13.7. The lowest BCUT2D eigenvalue weighted by atomic mass is 10.1. The van der Waals surface area contributed by atoms with Crippen LogP contribution in [0.2, 0.25) is 0 Å². The van der Waals surface area contributed by atoms with E-state index in [0.717, 1.165) is 69.3 Å². The Kier molecular flexibility index (Phi) is 5.78. The predicted molar refractivity (Wildman–Crippen MR) is 129 cm³/mol. The minimum atomic E-state index is -0.0546. The van der Waals surface area contributed by atoms with Gasteiger partial charge in [-0.15, -0.1) is 0 Å². The molecule has 0 saturated carbocycles. The van der Waals surface area contributed by atoms with Gasteiger partial charge in [-0.25, -0.2) is 4.98 Å². The summed E-state index contributed by atoms with van der Waals surface area (Å²) in [5.74, 6) is 1.38. The second kappa shape index (κ2) is 8.88. The fourth-order valence-corrected chi connectivity index (χ4v) is 5.09. The molecule has 1 N–H and O–H groups in total. The highest BCUT2D eigenvalue weighted by Crippen LogP contribution is 2.35. The topological polar surface area (TPSA) is 84.9 Å². The van der Waals surface area contributed by atoms with E-state index in [0.29, 0.717) is 18.1 Å². The van der Waals surface area contributed by atoms with E-state index in [1.807, 2.05) is 28.9 Å². The van der Waals surface area contributed by atoms with Crippen molar-refractivity contribution in [3.63, 3.8) is 0 Å². The molecule has 174 valence electrons. The third-order valence-corrected chi connectivity index (χ3v) is 6.85. The van der Waals surface area contributed by atoms with Gasteiger partial charge >= 0.3 is 0 Å². The summed E-state index contributed by atoms with van der Waals surface area (Å²) >= 11 is 0. The van der Waals surface area contributed by atoms with Crippen molar-refractivity contribution in [1.82, 2.24) is 14.9 Å². The number of rotatable bonds is 4. The zero-order valence-electron chi connectivity index (χ0n) is 19.3. The van der Waals surface area contributed by atoms with Crippen LogP contribution < -0.4 is 20.0 Å². The quantitative estimate of drug-likeness (QED) is 0.766. The minimum absolute atomic E-state index is 0.0546. The fraction of sp³-hybridized carbons (Fsp3) is 0.500. The molecular weight excluding hydrogens is 418 g/mol. The third kappa shape index (κ3) is 4.07. The number of amides is 2. The van der Waals surface area contributed by atoms with Gasteiger partial charge in [0.25, 0.3) is 5.91 Å². The normalized spacial score (nSPS) is 20.4. The van der Waals surface area contributed by atoms with E-state index in [9.17, 15) is 9.59 Å². The number of aromatic nitrogens is 2. The lowest BCUT2D eigenvalue weighted by Crippen LogP contribution is -2.48. The van der Waals surface area contributed by atoms with Crippen LogP contribution in [0.5, 0.6) is 0 Å². The summed E-state index contributed by atoms with van der Waals surface area (Å²) in [6.45, 7) is 8.92. The first-order valence-corrected chi connectivity index (χ1v) is 11.8. The van der Waals surface area contributed by atoms with E-state index in [1.54, 1.807) is 13.1 Å². The Bertz CT molecular complexity index is 1050. The Morgan fingerprint density at radius 3 is 2.70 bits per heavy atom. The van der Waals surface area contributed by atoms with Crippen LogP contribution in [0.3, 0.4) is 0 Å². The smallest absolute Gasteiger partial charge is 0.263 e. The monoisotopic (exact) mass is 449 g/mol. The van der Waals surface area contributed by atoms with E-state index in [2.05, 4.69) is 32.2 Å². The maximum atomic E-state index is 13.7. The summed E-state index contributed by atoms with van der Waals surface area (Å²) in [6.07, 6.45) is 3.80. The molecule has 2 aromatic rings. The average Bonchev–Trinajstić information content (AvgIpc) is 3.26. The molecule has 4 heterocycles. The highest BCUT2D eigenvalue weighted by molar-refractivity contribution is 6.10. The van der Waals surface area contributed by atoms with E-state index in [-0.39, 0.29) is 17.9 Å². The maximum Gasteiger partial charge on any atom is 0.263 e. The standard InChI is InChI=1S/C24H31N7O2/c1-3-25-24-26-15-21-22(27-24)30-9-5-8-20(30)16-31(23(21)33)19-7-4-6-18(14-19)29-12-10-28(11-13-29)17(2)32/h4,6-7,14-15,20H,3,5,8-13,16H2,1-2H3,(H,25,26,27). The van der Waals surface area contributed by atoms with E-state index in [1.165, 1.54) is 0 Å². The molecule has 0 bridgehead atoms. The van der Waals surface area contributed by atoms with Gasteiger partial charge in [-0.1, -0.05) is 6.07 Å². The van der Waals surface area contributed by atoms with Crippen molar-refractivity contribution < 1.29 is 9.59 Å². The number of anilines is 4. The molecule has 9 heteroatoms. The Balaban J connectivity index is 1.44. The molecule has 1 unspecified atom stereocenters. The van der Waals surface area contributed by atoms with Gasteiger partial charge in [0.15, 0.2) is 0 Å². The molecule has 2 saturated heterocycles. The third-order valence-electron chi connectivity index (χ3n) is 6.85. The summed E-state index contributed by atoms with van der Waals surface area (Å²) in [5.41, 5.74) is 2.53. The summed E-state index contributed by atoms with van der Waals surface area (Å²) in [7, 11) is 0. The van der Waals surface area contributed by atoms with E-state index >= 15 is 0 Å². The molecular formula is C24H31N7O2. The van der Waals surface area contributed by atoms with E-state index in [4.69, 9.17) is 4.98 Å². The molecule has 2 amide bonds. The van der Waals surface area contributed by atoms with Gasteiger partial charge in [-0.2, -0.15) is 4.98 Å². The zero-order chi connectivity index (χ0) is 22.9. The second-order valence-corrected chi connectivity index (χ2v) is 8.88. The largest absolute Gasteiger partial charge is 0.368 e. The highest BCUT2D eigenvalue weighted by atomic mass is 16.2. The number of piperazine rings is 1. The first kappa shape index (κ1) is 21.5. The number of nitrogens with zero attached hydrogens (tertiary/aromatic N) is 6. The Morgan fingerprint density at radius 1 is 1.15 bits per heavy atom. The Labute approximate surface area is 194 Å². The molecule has 33 heavy (non-hydrogen) atoms. The summed E-state index contributed by atoms with van der Waals surface area (Å²) < 4.78 is 0. The Morgan fingerprint density at radius 2 is 1.94 bits per heavy atom. The average molecular weight is 450 g/mol. The van der Waals surface area contributed by atoms with Crippen LogP contribution in [0.4, 0.5) is 23.1 Å². The lowest BCUT2D eigenvalue weighted by Gasteiger charge is -2.36. The number of nitrogens with one attached hydrogen (secondary N) is 1. The zero-order valence-corrected chi connectivity index (χ0v) is 19.3. The van der Waals surface area contributed by atoms with Crippen LogP contribution >= 0.6 is 0 Å². The van der Waals surface area contributed by atoms with Crippen molar-refractivity contribution in [3.05, 3.63) is 36.0 Å². The molecule has 3 aliphatic rings. The van der Waals surface area contributed by atoms with Crippen LogP contribution in [0.25, 0.3) is 0 Å². The van der Waals surface area contributed by atoms with Crippen LogP contribution in [0, 0.1) is 0 Å². The van der Waals surface area contributed by atoms with Crippen LogP contribution in [-0.2, 0) is 4.79 Å². The van der Waals surface area contributed by atoms with Gasteiger partial charge in [-0.3, -0.25) is 9.59 Å². The molecule has 0 radical (unpaired) electrons. The fourth-order valence-electron chi connectivity index (χ4n) is 5.09. The van der Waals surface area contributed by atoms with Gasteiger partial charge in [0.1, 0.15) is 11.4 Å². The van der Waals surface area contributed by atoms with Crippen molar-refractivity contribution in [2.75, 3.05) is 65.8 Å². The van der Waals surface area contributed by atoms with Gasteiger partial charge in [0.2, 0.25) is 11.9 Å². The van der Waals surface area contributed by atoms with Crippen LogP contribution in [-0.4, -0.2) is 78.5 Å². The van der Waals surface area contributed by atoms with Crippen molar-refractivity contribution >= 4 is 35.0 Å². The molecule has 1 atom stereocenters. The number of benzene rings is 1. The summed E-state index contributed by atoms with van der Waals surface area (Å²) in [6, 6.07) is 8.43. The minimum Gasteiger partial charge on any atom is -0.368 e. The molecule has 5 rings (SSSR count). The van der Waals surface area contributed by atoms with Gasteiger partial charge < -0.3 is 24.9 Å². The van der Waals surface area contributed by atoms with E-state index < -0.39 is 0 Å². The first-order chi connectivity index (χ1) is 16.0. The van der Waals surface area contributed by atoms with Gasteiger partial charge in [0.05, 0.1) is 0 Å². The molecule has 2 fully saturated rings. The number of hydrogen-bond acceptors (Lipinski definition) is 7. The van der Waals surface area contributed by atoms with Crippen molar-refractivity contribution in [2.24, 2.45) is 0 Å². The molecule has 1 aromatic carbocycles. The first-order valence-electron chi connectivity index (χ1n) is 11.8. The highest BCUT2D eigenvalue weighted by Gasteiger charge is 2.37.